The molecule has 2 amide bonds. The molecule has 0 aromatic rings. The van der Waals surface area contributed by atoms with Crippen molar-refractivity contribution in [2.24, 2.45) is 5.92 Å². The number of nitrogens with one attached hydrogen (secondary N) is 2. The van der Waals surface area contributed by atoms with E-state index in [0.717, 1.165) is 6.42 Å². The Hall–Kier alpha value is -1.26. The molecule has 2 N–H and O–H groups in total. The van der Waals surface area contributed by atoms with Crippen LogP contribution in [-0.2, 0) is 9.53 Å². The predicted molar refractivity (Wildman–Crippen MR) is 66.7 cm³/mol. The summed E-state index contributed by atoms with van der Waals surface area (Å²) in [5.74, 6) is -0.146. The van der Waals surface area contributed by atoms with Gasteiger partial charge in [-0.25, -0.2) is 4.79 Å². The number of rotatable bonds is 4. The second-order valence-corrected chi connectivity index (χ2v) is 5.12. The minimum Gasteiger partial charge on any atom is -0.444 e. The smallest absolute Gasteiger partial charge is 0.408 e. The lowest BCUT2D eigenvalue weighted by atomic mass is 9.98. The highest BCUT2D eigenvalue weighted by Crippen LogP contribution is 2.11. The van der Waals surface area contributed by atoms with Crippen molar-refractivity contribution in [1.82, 2.24) is 10.6 Å². The Labute approximate surface area is 103 Å². The van der Waals surface area contributed by atoms with Crippen molar-refractivity contribution in [3.05, 3.63) is 0 Å². The van der Waals surface area contributed by atoms with Gasteiger partial charge >= 0.3 is 6.09 Å². The van der Waals surface area contributed by atoms with E-state index in [2.05, 4.69) is 10.6 Å². The van der Waals surface area contributed by atoms with Gasteiger partial charge in [-0.3, -0.25) is 4.79 Å². The summed E-state index contributed by atoms with van der Waals surface area (Å²) in [6, 6.07) is -0.556. The Morgan fingerprint density at radius 2 is 1.82 bits per heavy atom. The van der Waals surface area contributed by atoms with Gasteiger partial charge in [-0.1, -0.05) is 20.3 Å². The van der Waals surface area contributed by atoms with Gasteiger partial charge in [0.25, 0.3) is 0 Å². The lowest BCUT2D eigenvalue weighted by Gasteiger charge is -2.25. The van der Waals surface area contributed by atoms with Crippen LogP contribution >= 0.6 is 0 Å². The molecule has 0 heterocycles. The highest BCUT2D eigenvalue weighted by atomic mass is 16.6. The summed E-state index contributed by atoms with van der Waals surface area (Å²) >= 11 is 0. The average Bonchev–Trinajstić information content (AvgIpc) is 2.21. The van der Waals surface area contributed by atoms with Gasteiger partial charge in [0, 0.05) is 7.05 Å². The zero-order valence-electron chi connectivity index (χ0n) is 11.6. The van der Waals surface area contributed by atoms with Crippen LogP contribution in [-0.4, -0.2) is 30.7 Å². The fourth-order valence-corrected chi connectivity index (χ4v) is 1.29. The van der Waals surface area contributed by atoms with Gasteiger partial charge < -0.3 is 15.4 Å². The van der Waals surface area contributed by atoms with E-state index in [0.29, 0.717) is 0 Å². The van der Waals surface area contributed by atoms with Crippen molar-refractivity contribution < 1.29 is 14.3 Å². The maximum Gasteiger partial charge on any atom is 0.408 e. The van der Waals surface area contributed by atoms with Crippen molar-refractivity contribution in [2.75, 3.05) is 7.05 Å². The summed E-state index contributed by atoms with van der Waals surface area (Å²) in [4.78, 5) is 23.2. The standard InChI is InChI=1S/C12H24N2O3/c1-7-8(2)9(10(15)13-6)14-11(16)17-12(3,4)5/h8-9H,7H2,1-6H3,(H,13,15)(H,14,16). The number of alkyl carbamates (subject to hydrolysis) is 1. The molecule has 0 radical (unpaired) electrons. The Bertz CT molecular complexity index is 271. The first kappa shape index (κ1) is 15.7. The lowest BCUT2D eigenvalue weighted by molar-refractivity contribution is -0.123. The van der Waals surface area contributed by atoms with Crippen LogP contribution in [0.25, 0.3) is 0 Å². The highest BCUT2D eigenvalue weighted by molar-refractivity contribution is 5.85. The topological polar surface area (TPSA) is 67.4 Å². The van der Waals surface area contributed by atoms with Gasteiger partial charge in [-0.2, -0.15) is 0 Å². The second-order valence-electron chi connectivity index (χ2n) is 5.12. The van der Waals surface area contributed by atoms with E-state index >= 15 is 0 Å². The molecule has 0 spiro atoms. The van der Waals surface area contributed by atoms with Gasteiger partial charge in [0.15, 0.2) is 0 Å². The van der Waals surface area contributed by atoms with E-state index in [1.807, 2.05) is 13.8 Å². The predicted octanol–water partition coefficient (Wildman–Crippen LogP) is 1.67. The third-order valence-electron chi connectivity index (χ3n) is 2.41. The second kappa shape index (κ2) is 6.47. The van der Waals surface area contributed by atoms with Gasteiger partial charge in [0.2, 0.25) is 5.91 Å². The van der Waals surface area contributed by atoms with Crippen LogP contribution in [0.15, 0.2) is 0 Å². The molecule has 17 heavy (non-hydrogen) atoms. The third-order valence-corrected chi connectivity index (χ3v) is 2.41. The first-order valence-electron chi connectivity index (χ1n) is 5.92. The van der Waals surface area contributed by atoms with Crippen LogP contribution in [0.4, 0.5) is 4.79 Å². The molecule has 0 aromatic carbocycles. The lowest BCUT2D eigenvalue weighted by Crippen LogP contribution is -2.50. The van der Waals surface area contributed by atoms with Crippen molar-refractivity contribution in [2.45, 2.75) is 52.7 Å². The van der Waals surface area contributed by atoms with Crippen molar-refractivity contribution in [1.29, 1.82) is 0 Å². The molecule has 0 aliphatic carbocycles. The maximum absolute atomic E-state index is 11.6. The van der Waals surface area contributed by atoms with Gasteiger partial charge in [0.1, 0.15) is 11.6 Å². The van der Waals surface area contributed by atoms with Crippen LogP contribution in [0.2, 0.25) is 0 Å². The molecule has 5 nitrogen and oxygen atoms in total. The molecule has 0 aliphatic heterocycles. The van der Waals surface area contributed by atoms with E-state index in [1.54, 1.807) is 27.8 Å². The van der Waals surface area contributed by atoms with Crippen molar-refractivity contribution in [3.63, 3.8) is 0 Å². The van der Waals surface area contributed by atoms with Gasteiger partial charge in [-0.05, 0) is 26.7 Å². The first-order chi connectivity index (χ1) is 7.71. The van der Waals surface area contributed by atoms with Crippen LogP contribution < -0.4 is 10.6 Å². The molecule has 2 atom stereocenters. The van der Waals surface area contributed by atoms with Gasteiger partial charge in [-0.15, -0.1) is 0 Å². The molecule has 0 rings (SSSR count). The summed E-state index contributed by atoms with van der Waals surface area (Å²) in [7, 11) is 1.55. The molecule has 2 unspecified atom stereocenters. The van der Waals surface area contributed by atoms with Crippen LogP contribution in [0.3, 0.4) is 0 Å². The SMILES string of the molecule is CCC(C)C(NC(=O)OC(C)(C)C)C(=O)NC. The highest BCUT2D eigenvalue weighted by Gasteiger charge is 2.27. The summed E-state index contributed by atoms with van der Waals surface area (Å²) in [6.07, 6.45) is 0.236. The third kappa shape index (κ3) is 6.14. The molecule has 0 saturated carbocycles. The van der Waals surface area contributed by atoms with Gasteiger partial charge in [0.05, 0.1) is 0 Å². The number of ether oxygens (including phenoxy) is 1. The number of carbonyl (C=O) groups excluding carboxylic acids is 2. The number of hydrogen-bond acceptors (Lipinski definition) is 3. The Morgan fingerprint density at radius 3 is 2.18 bits per heavy atom. The average molecular weight is 244 g/mol. The Morgan fingerprint density at radius 1 is 1.29 bits per heavy atom. The van der Waals surface area contributed by atoms with E-state index in [4.69, 9.17) is 4.74 Å². The first-order valence-corrected chi connectivity index (χ1v) is 5.92. The summed E-state index contributed by atoms with van der Waals surface area (Å²) in [5.41, 5.74) is -0.563. The molecule has 0 aliphatic rings. The Balaban J connectivity index is 4.54. The Kier molecular flexibility index (Phi) is 5.99. The van der Waals surface area contributed by atoms with Crippen LogP contribution in [0.1, 0.15) is 41.0 Å². The number of amides is 2. The van der Waals surface area contributed by atoms with E-state index < -0.39 is 17.7 Å². The van der Waals surface area contributed by atoms with E-state index in [9.17, 15) is 9.59 Å². The summed E-state index contributed by atoms with van der Waals surface area (Å²) in [5, 5.41) is 5.14. The zero-order chi connectivity index (χ0) is 13.6. The molecular formula is C12H24N2O3. The zero-order valence-corrected chi connectivity index (χ0v) is 11.6. The van der Waals surface area contributed by atoms with E-state index in [1.165, 1.54) is 0 Å². The molecule has 100 valence electrons. The molecule has 0 fully saturated rings. The molecule has 0 aromatic heterocycles. The molecule has 0 bridgehead atoms. The summed E-state index contributed by atoms with van der Waals surface area (Å²) in [6.45, 7) is 9.23. The molecule has 5 heteroatoms. The number of likely N-dealkylation sites (N-methyl/N-ethyl adjacent to an activating group) is 1. The van der Waals surface area contributed by atoms with Crippen molar-refractivity contribution in [3.8, 4) is 0 Å². The van der Waals surface area contributed by atoms with E-state index in [-0.39, 0.29) is 11.8 Å². The number of hydrogen-bond donors (Lipinski definition) is 2. The monoisotopic (exact) mass is 244 g/mol. The molecule has 0 saturated heterocycles. The maximum atomic E-state index is 11.6. The minimum absolute atomic E-state index is 0.0578. The summed E-state index contributed by atoms with van der Waals surface area (Å²) < 4.78 is 5.13. The largest absolute Gasteiger partial charge is 0.444 e. The normalized spacial score (nSPS) is 14.7. The molecular weight excluding hydrogens is 220 g/mol. The fraction of sp³-hybridized carbons (Fsp3) is 0.833. The number of carbonyl (C=O) groups is 2. The quantitative estimate of drug-likeness (QED) is 0.790. The van der Waals surface area contributed by atoms with Crippen LogP contribution in [0, 0.1) is 5.92 Å². The fourth-order valence-electron chi connectivity index (χ4n) is 1.29. The van der Waals surface area contributed by atoms with Crippen LogP contribution in [0.5, 0.6) is 0 Å². The van der Waals surface area contributed by atoms with Crippen molar-refractivity contribution >= 4 is 12.0 Å². The minimum atomic E-state index is -0.564.